The first-order valence-corrected chi connectivity index (χ1v) is 10.7. The highest BCUT2D eigenvalue weighted by Gasteiger charge is 2.15. The second-order valence-electron chi connectivity index (χ2n) is 7.76. The van der Waals surface area contributed by atoms with Crippen LogP contribution in [0.5, 0.6) is 0 Å². The van der Waals surface area contributed by atoms with Crippen LogP contribution in [0.3, 0.4) is 0 Å². The Bertz CT molecular complexity index is 1020. The molecule has 3 aromatic rings. The van der Waals surface area contributed by atoms with Crippen LogP contribution in [0.1, 0.15) is 16.1 Å². The predicted octanol–water partition coefficient (Wildman–Crippen LogP) is 4.48. The van der Waals surface area contributed by atoms with E-state index in [2.05, 4.69) is 32.5 Å². The van der Waals surface area contributed by atoms with E-state index in [1.807, 2.05) is 48.5 Å². The number of likely N-dealkylation sites (N-methyl/N-ethyl adjacent to an activating group) is 1. The number of benzene rings is 2. The fourth-order valence-electron chi connectivity index (χ4n) is 3.47. The van der Waals surface area contributed by atoms with Gasteiger partial charge < -0.3 is 15.5 Å². The number of pyridine rings is 1. The van der Waals surface area contributed by atoms with Gasteiger partial charge in [-0.15, -0.1) is 0 Å². The first-order chi connectivity index (χ1) is 15.1. The number of carbonyl (C=O) groups is 1. The number of piperazine rings is 1. The Balaban J connectivity index is 1.38. The Labute approximate surface area is 187 Å². The van der Waals surface area contributed by atoms with Gasteiger partial charge in [0.1, 0.15) is 0 Å². The van der Waals surface area contributed by atoms with Gasteiger partial charge in [-0.05, 0) is 49.5 Å². The van der Waals surface area contributed by atoms with Crippen LogP contribution in [0.25, 0.3) is 0 Å². The van der Waals surface area contributed by atoms with Crippen LogP contribution in [-0.2, 0) is 6.54 Å². The molecule has 0 aliphatic carbocycles. The van der Waals surface area contributed by atoms with Gasteiger partial charge in [-0.2, -0.15) is 0 Å². The Morgan fingerprint density at radius 2 is 1.77 bits per heavy atom. The Morgan fingerprint density at radius 3 is 2.48 bits per heavy atom. The fourth-order valence-corrected chi connectivity index (χ4v) is 3.63. The predicted molar refractivity (Wildman–Crippen MR) is 126 cm³/mol. The number of amides is 1. The van der Waals surface area contributed by atoms with Gasteiger partial charge in [0, 0.05) is 50.3 Å². The smallest absolute Gasteiger partial charge is 0.257 e. The Kier molecular flexibility index (Phi) is 6.82. The molecule has 0 unspecified atom stereocenters. The Morgan fingerprint density at radius 1 is 1.00 bits per heavy atom. The van der Waals surface area contributed by atoms with Crippen molar-refractivity contribution in [2.75, 3.05) is 43.9 Å². The molecular weight excluding hydrogens is 410 g/mol. The zero-order valence-electron chi connectivity index (χ0n) is 17.5. The molecule has 0 saturated carbocycles. The molecule has 6 nitrogen and oxygen atoms in total. The highest BCUT2D eigenvalue weighted by Crippen LogP contribution is 2.28. The molecule has 31 heavy (non-hydrogen) atoms. The SMILES string of the molecule is CN1CCN(Cc2ccc(C(=O)Nc3ccc(Cl)c(Nc4ccccc4)c3)cn2)CC1. The lowest BCUT2D eigenvalue weighted by Gasteiger charge is -2.32. The highest BCUT2D eigenvalue weighted by atomic mass is 35.5. The van der Waals surface area contributed by atoms with E-state index < -0.39 is 0 Å². The minimum absolute atomic E-state index is 0.202. The van der Waals surface area contributed by atoms with Crippen molar-refractivity contribution in [2.24, 2.45) is 0 Å². The van der Waals surface area contributed by atoms with Crippen LogP contribution in [-0.4, -0.2) is 53.9 Å². The monoisotopic (exact) mass is 435 g/mol. The topological polar surface area (TPSA) is 60.5 Å². The molecule has 4 rings (SSSR count). The summed E-state index contributed by atoms with van der Waals surface area (Å²) in [5.41, 5.74) is 3.81. The minimum atomic E-state index is -0.202. The quantitative estimate of drug-likeness (QED) is 0.597. The lowest BCUT2D eigenvalue weighted by molar-refractivity contribution is 0.102. The number of nitrogens with zero attached hydrogens (tertiary/aromatic N) is 3. The molecule has 0 bridgehead atoms. The number of rotatable bonds is 6. The third-order valence-electron chi connectivity index (χ3n) is 5.35. The van der Waals surface area contributed by atoms with Gasteiger partial charge in [-0.25, -0.2) is 0 Å². The summed E-state index contributed by atoms with van der Waals surface area (Å²) in [6, 6.07) is 18.9. The van der Waals surface area contributed by atoms with Gasteiger partial charge in [0.05, 0.1) is 22.0 Å². The zero-order chi connectivity index (χ0) is 21.6. The van der Waals surface area contributed by atoms with Crippen LogP contribution in [0.4, 0.5) is 17.1 Å². The molecule has 0 atom stereocenters. The molecule has 160 valence electrons. The molecule has 2 aromatic carbocycles. The lowest BCUT2D eigenvalue weighted by Crippen LogP contribution is -2.44. The standard InChI is InChI=1S/C24H26ClN5O/c1-29-11-13-30(14-12-29)17-21-8-7-18(16-26-21)24(31)28-20-9-10-22(25)23(15-20)27-19-5-3-2-4-6-19/h2-10,15-16,27H,11-14,17H2,1H3,(H,28,31). The van der Waals surface area contributed by atoms with Crippen molar-refractivity contribution in [3.05, 3.63) is 83.1 Å². The summed E-state index contributed by atoms with van der Waals surface area (Å²) >= 11 is 6.31. The van der Waals surface area contributed by atoms with E-state index >= 15 is 0 Å². The zero-order valence-corrected chi connectivity index (χ0v) is 18.3. The number of para-hydroxylation sites is 1. The first kappa shape index (κ1) is 21.3. The number of aromatic nitrogens is 1. The molecule has 2 N–H and O–H groups in total. The van der Waals surface area contributed by atoms with Crippen molar-refractivity contribution >= 4 is 34.6 Å². The maximum absolute atomic E-state index is 12.7. The van der Waals surface area contributed by atoms with Crippen molar-refractivity contribution < 1.29 is 4.79 Å². The summed E-state index contributed by atoms with van der Waals surface area (Å²) in [5.74, 6) is -0.202. The van der Waals surface area contributed by atoms with Crippen molar-refractivity contribution in [2.45, 2.75) is 6.54 Å². The summed E-state index contributed by atoms with van der Waals surface area (Å²) < 4.78 is 0. The second kappa shape index (κ2) is 9.92. The second-order valence-corrected chi connectivity index (χ2v) is 8.16. The third-order valence-corrected chi connectivity index (χ3v) is 5.68. The minimum Gasteiger partial charge on any atom is -0.354 e. The summed E-state index contributed by atoms with van der Waals surface area (Å²) in [6.45, 7) is 5.03. The van der Waals surface area contributed by atoms with Crippen molar-refractivity contribution in [1.82, 2.24) is 14.8 Å². The van der Waals surface area contributed by atoms with Crippen LogP contribution in [0.2, 0.25) is 5.02 Å². The number of carbonyl (C=O) groups excluding carboxylic acids is 1. The van der Waals surface area contributed by atoms with Gasteiger partial charge in [-0.3, -0.25) is 14.7 Å². The molecule has 2 heterocycles. The number of anilines is 3. The number of nitrogens with one attached hydrogen (secondary N) is 2. The largest absolute Gasteiger partial charge is 0.354 e. The molecule has 1 amide bonds. The maximum atomic E-state index is 12.7. The fraction of sp³-hybridized carbons (Fsp3) is 0.250. The van der Waals surface area contributed by atoms with Gasteiger partial charge in [0.25, 0.3) is 5.91 Å². The number of hydrogen-bond acceptors (Lipinski definition) is 5. The summed E-state index contributed by atoms with van der Waals surface area (Å²) in [6.07, 6.45) is 1.64. The van der Waals surface area contributed by atoms with Crippen LogP contribution in [0.15, 0.2) is 66.9 Å². The number of hydrogen-bond donors (Lipinski definition) is 2. The molecule has 7 heteroatoms. The normalized spacial score (nSPS) is 14.9. The maximum Gasteiger partial charge on any atom is 0.257 e. The van der Waals surface area contributed by atoms with E-state index in [0.717, 1.165) is 49.8 Å². The van der Waals surface area contributed by atoms with Crippen LogP contribution >= 0.6 is 11.6 Å². The molecule has 1 fully saturated rings. The van der Waals surface area contributed by atoms with E-state index in [4.69, 9.17) is 11.6 Å². The summed E-state index contributed by atoms with van der Waals surface area (Å²) in [4.78, 5) is 21.9. The molecule has 1 aliphatic rings. The number of halogens is 1. The Hall–Kier alpha value is -2.93. The molecule has 0 spiro atoms. The average molecular weight is 436 g/mol. The van der Waals surface area contributed by atoms with Gasteiger partial charge in [0.2, 0.25) is 0 Å². The average Bonchev–Trinajstić information content (AvgIpc) is 2.79. The lowest BCUT2D eigenvalue weighted by atomic mass is 10.2. The van der Waals surface area contributed by atoms with E-state index in [1.165, 1.54) is 0 Å². The molecule has 1 aromatic heterocycles. The van der Waals surface area contributed by atoms with E-state index in [1.54, 1.807) is 18.3 Å². The van der Waals surface area contributed by atoms with E-state index in [-0.39, 0.29) is 5.91 Å². The molecule has 0 radical (unpaired) electrons. The van der Waals surface area contributed by atoms with E-state index in [0.29, 0.717) is 16.3 Å². The van der Waals surface area contributed by atoms with Gasteiger partial charge in [0.15, 0.2) is 0 Å². The highest BCUT2D eigenvalue weighted by molar-refractivity contribution is 6.33. The summed E-state index contributed by atoms with van der Waals surface area (Å²) in [5, 5.41) is 6.78. The third kappa shape index (κ3) is 5.82. The molecule has 1 aliphatic heterocycles. The van der Waals surface area contributed by atoms with E-state index in [9.17, 15) is 4.79 Å². The van der Waals surface area contributed by atoms with Crippen LogP contribution < -0.4 is 10.6 Å². The van der Waals surface area contributed by atoms with Crippen molar-refractivity contribution in [3.63, 3.8) is 0 Å². The van der Waals surface area contributed by atoms with Crippen molar-refractivity contribution in [3.8, 4) is 0 Å². The van der Waals surface area contributed by atoms with Crippen molar-refractivity contribution in [1.29, 1.82) is 0 Å². The first-order valence-electron chi connectivity index (χ1n) is 10.4. The molecular formula is C24H26ClN5O. The summed E-state index contributed by atoms with van der Waals surface area (Å²) in [7, 11) is 2.14. The van der Waals surface area contributed by atoms with Gasteiger partial charge in [-0.1, -0.05) is 29.8 Å². The van der Waals surface area contributed by atoms with Crippen LogP contribution in [0, 0.1) is 0 Å². The molecule has 1 saturated heterocycles. The van der Waals surface area contributed by atoms with Gasteiger partial charge >= 0.3 is 0 Å².